The summed E-state index contributed by atoms with van der Waals surface area (Å²) in [6.45, 7) is 6.51. The quantitative estimate of drug-likeness (QED) is 0.431. The van der Waals surface area contributed by atoms with Gasteiger partial charge in [0.15, 0.2) is 5.96 Å². The molecule has 3 rings (SSSR count). The summed E-state index contributed by atoms with van der Waals surface area (Å²) in [4.78, 5) is 20.4. The van der Waals surface area contributed by atoms with Crippen LogP contribution < -0.4 is 5.73 Å². The highest BCUT2D eigenvalue weighted by Crippen LogP contribution is 2.16. The molecule has 1 amide bonds. The van der Waals surface area contributed by atoms with Crippen molar-refractivity contribution in [3.63, 3.8) is 0 Å². The maximum absolute atomic E-state index is 11.7. The largest absolute Gasteiger partial charge is 0.370 e. The Labute approximate surface area is 167 Å². The van der Waals surface area contributed by atoms with E-state index in [1.54, 1.807) is 0 Å². The lowest BCUT2D eigenvalue weighted by molar-refractivity contribution is -0.128. The van der Waals surface area contributed by atoms with E-state index in [2.05, 4.69) is 41.1 Å². The molecule has 0 spiro atoms. The monoisotopic (exact) mass is 456 g/mol. The minimum absolute atomic E-state index is 0. The highest BCUT2D eigenvalue weighted by atomic mass is 127. The number of hydrogen-bond donors (Lipinski definition) is 1. The van der Waals surface area contributed by atoms with Crippen LogP contribution in [0.15, 0.2) is 29.3 Å². The van der Waals surface area contributed by atoms with E-state index in [-0.39, 0.29) is 29.9 Å². The van der Waals surface area contributed by atoms with Gasteiger partial charge in [0.2, 0.25) is 5.91 Å². The van der Waals surface area contributed by atoms with E-state index in [1.807, 2.05) is 4.90 Å². The third-order valence-electron chi connectivity index (χ3n) is 4.97. The number of hydrogen-bond acceptors (Lipinski definition) is 2. The van der Waals surface area contributed by atoms with Crippen LogP contribution in [0.4, 0.5) is 0 Å². The maximum atomic E-state index is 11.7. The molecule has 2 heterocycles. The molecule has 0 saturated carbocycles. The van der Waals surface area contributed by atoms with Crippen LogP contribution in [-0.2, 0) is 17.9 Å². The summed E-state index contributed by atoms with van der Waals surface area (Å²) in [6, 6.07) is 8.36. The molecule has 1 unspecified atom stereocenters. The van der Waals surface area contributed by atoms with Crippen molar-refractivity contribution in [3.05, 3.63) is 35.4 Å². The summed E-state index contributed by atoms with van der Waals surface area (Å²) < 4.78 is 0. The number of rotatable bonds is 4. The van der Waals surface area contributed by atoms with Crippen molar-refractivity contribution in [1.82, 2.24) is 9.80 Å². The van der Waals surface area contributed by atoms with Crippen molar-refractivity contribution in [2.45, 2.75) is 45.7 Å². The van der Waals surface area contributed by atoms with Crippen molar-refractivity contribution in [3.8, 4) is 0 Å². The topological polar surface area (TPSA) is 61.9 Å². The first-order valence-corrected chi connectivity index (χ1v) is 9.02. The SMILES string of the molecule is CC1CCCN(C(N)=NCc2ccc(CN3CCCC3=O)cc2)C1.I. The van der Waals surface area contributed by atoms with Crippen LogP contribution in [0, 0.1) is 5.92 Å². The summed E-state index contributed by atoms with van der Waals surface area (Å²) in [5.74, 6) is 1.63. The number of carbonyl (C=O) groups is 1. The van der Waals surface area contributed by atoms with Crippen LogP contribution in [0.5, 0.6) is 0 Å². The van der Waals surface area contributed by atoms with Crippen LogP contribution >= 0.6 is 24.0 Å². The predicted octanol–water partition coefficient (Wildman–Crippen LogP) is 2.97. The first-order valence-electron chi connectivity index (χ1n) is 9.02. The van der Waals surface area contributed by atoms with E-state index in [9.17, 15) is 4.79 Å². The molecule has 0 aliphatic carbocycles. The minimum Gasteiger partial charge on any atom is -0.370 e. The number of piperidine rings is 1. The molecule has 5 nitrogen and oxygen atoms in total. The van der Waals surface area contributed by atoms with E-state index in [1.165, 1.54) is 18.4 Å². The first-order chi connectivity index (χ1) is 11.6. The summed E-state index contributed by atoms with van der Waals surface area (Å²) in [7, 11) is 0. The van der Waals surface area contributed by atoms with Crippen LogP contribution in [0.3, 0.4) is 0 Å². The fraction of sp³-hybridized carbons (Fsp3) is 0.579. The Morgan fingerprint density at radius 3 is 2.56 bits per heavy atom. The Bertz CT molecular complexity index is 602. The number of carbonyl (C=O) groups excluding carboxylic acids is 1. The highest BCUT2D eigenvalue weighted by molar-refractivity contribution is 14.0. The Morgan fingerprint density at radius 2 is 1.92 bits per heavy atom. The molecule has 0 aromatic heterocycles. The number of guanidine groups is 1. The summed E-state index contributed by atoms with van der Waals surface area (Å²) in [5.41, 5.74) is 8.47. The van der Waals surface area contributed by atoms with Gasteiger partial charge in [0.05, 0.1) is 6.54 Å². The highest BCUT2D eigenvalue weighted by Gasteiger charge is 2.20. The predicted molar refractivity (Wildman–Crippen MR) is 112 cm³/mol. The van der Waals surface area contributed by atoms with Crippen LogP contribution in [0.1, 0.15) is 43.7 Å². The zero-order chi connectivity index (χ0) is 16.9. The van der Waals surface area contributed by atoms with Crippen molar-refractivity contribution < 1.29 is 4.79 Å². The van der Waals surface area contributed by atoms with Crippen molar-refractivity contribution >= 4 is 35.8 Å². The second kappa shape index (κ2) is 9.40. The van der Waals surface area contributed by atoms with Gasteiger partial charge in [-0.2, -0.15) is 0 Å². The molecule has 6 heteroatoms. The standard InChI is InChI=1S/C19H28N4O.HI/c1-15-4-2-11-23(13-15)19(20)21-12-16-6-8-17(9-7-16)14-22-10-3-5-18(22)24;/h6-9,15H,2-5,10-14H2,1H3,(H2,20,21);1H. The second-order valence-corrected chi connectivity index (χ2v) is 7.10. The van der Waals surface area contributed by atoms with Crippen LogP contribution in [0.2, 0.25) is 0 Å². The van der Waals surface area contributed by atoms with Crippen LogP contribution in [-0.4, -0.2) is 41.3 Å². The fourth-order valence-electron chi connectivity index (χ4n) is 3.51. The van der Waals surface area contributed by atoms with Crippen molar-refractivity contribution in [2.24, 2.45) is 16.6 Å². The maximum Gasteiger partial charge on any atom is 0.222 e. The molecular formula is C19H29IN4O. The normalized spacial score (nSPS) is 21.4. The number of benzene rings is 1. The van der Waals surface area contributed by atoms with E-state index < -0.39 is 0 Å². The Balaban J connectivity index is 0.00000225. The smallest absolute Gasteiger partial charge is 0.222 e. The Morgan fingerprint density at radius 1 is 1.20 bits per heavy atom. The summed E-state index contributed by atoms with van der Waals surface area (Å²) in [6.07, 6.45) is 4.16. The molecule has 2 aliphatic rings. The lowest BCUT2D eigenvalue weighted by Gasteiger charge is -2.31. The molecule has 138 valence electrons. The van der Waals surface area contributed by atoms with Gasteiger partial charge in [0.25, 0.3) is 0 Å². The van der Waals surface area contributed by atoms with Gasteiger partial charge in [-0.05, 0) is 36.3 Å². The zero-order valence-corrected chi connectivity index (χ0v) is 17.3. The number of likely N-dealkylation sites (tertiary alicyclic amines) is 2. The van der Waals surface area contributed by atoms with Gasteiger partial charge in [-0.25, -0.2) is 4.99 Å². The Kier molecular flexibility index (Phi) is 7.53. The van der Waals surface area contributed by atoms with Gasteiger partial charge in [-0.1, -0.05) is 31.2 Å². The lowest BCUT2D eigenvalue weighted by Crippen LogP contribution is -2.43. The van der Waals surface area contributed by atoms with Crippen LogP contribution in [0.25, 0.3) is 0 Å². The molecule has 2 fully saturated rings. The van der Waals surface area contributed by atoms with Gasteiger partial charge in [-0.15, -0.1) is 24.0 Å². The molecule has 1 atom stereocenters. The average Bonchev–Trinajstić information content (AvgIpc) is 2.99. The van der Waals surface area contributed by atoms with E-state index in [0.717, 1.165) is 38.2 Å². The molecule has 2 aliphatic heterocycles. The number of halogens is 1. The van der Waals surface area contributed by atoms with E-state index in [0.29, 0.717) is 24.8 Å². The number of amides is 1. The summed E-state index contributed by atoms with van der Waals surface area (Å²) in [5, 5.41) is 0. The van der Waals surface area contributed by atoms with Crippen molar-refractivity contribution in [1.29, 1.82) is 0 Å². The van der Waals surface area contributed by atoms with Gasteiger partial charge in [0.1, 0.15) is 0 Å². The van der Waals surface area contributed by atoms with Gasteiger partial charge < -0.3 is 15.5 Å². The zero-order valence-electron chi connectivity index (χ0n) is 15.0. The van der Waals surface area contributed by atoms with E-state index in [4.69, 9.17) is 5.73 Å². The third-order valence-corrected chi connectivity index (χ3v) is 4.97. The van der Waals surface area contributed by atoms with Gasteiger partial charge in [0, 0.05) is 32.6 Å². The molecular weight excluding hydrogens is 427 g/mol. The summed E-state index contributed by atoms with van der Waals surface area (Å²) >= 11 is 0. The fourth-order valence-corrected chi connectivity index (χ4v) is 3.51. The van der Waals surface area contributed by atoms with E-state index >= 15 is 0 Å². The first kappa shape index (κ1) is 20.0. The molecule has 2 saturated heterocycles. The average molecular weight is 456 g/mol. The van der Waals surface area contributed by atoms with Gasteiger partial charge >= 0.3 is 0 Å². The lowest BCUT2D eigenvalue weighted by atomic mass is 10.0. The van der Waals surface area contributed by atoms with Crippen molar-refractivity contribution in [2.75, 3.05) is 19.6 Å². The Hall–Kier alpha value is -1.31. The molecule has 1 aromatic rings. The molecule has 25 heavy (non-hydrogen) atoms. The van der Waals surface area contributed by atoms with Gasteiger partial charge in [-0.3, -0.25) is 4.79 Å². The minimum atomic E-state index is 0. The molecule has 0 radical (unpaired) electrons. The molecule has 0 bridgehead atoms. The molecule has 2 N–H and O–H groups in total. The third kappa shape index (κ3) is 5.59. The number of nitrogens with two attached hydrogens (primary N) is 1. The second-order valence-electron chi connectivity index (χ2n) is 7.10. The number of nitrogens with zero attached hydrogens (tertiary/aromatic N) is 3. The molecule has 1 aromatic carbocycles. The number of aliphatic imine (C=N–C) groups is 1.